The quantitative estimate of drug-likeness (QED) is 0.152. The Morgan fingerprint density at radius 3 is 2.45 bits per heavy atom. The van der Waals surface area contributed by atoms with Gasteiger partial charge in [0.25, 0.3) is 0 Å². The standard InChI is InChI=1S/C17H27N7O6S/c1-31-3-2-11(17(29)30)24-16(28)12(4-9-6-20-8-22-9)23-14(26)7-21-15(27)10(18)5-13(19)25/h6,8,10-12H,2-5,7,18H2,1H3,(H2,19,25)(H,20,22)(H,21,27)(H,23,26)(H,24,28)(H,29,30). The number of carboxylic acid groups (broad SMARTS) is 1. The van der Waals surface area contributed by atoms with Crippen molar-refractivity contribution in [3.05, 3.63) is 18.2 Å². The maximum absolute atomic E-state index is 12.7. The second-order valence-corrected chi connectivity index (χ2v) is 7.56. The van der Waals surface area contributed by atoms with Gasteiger partial charge in [0.2, 0.25) is 23.6 Å². The first kappa shape index (κ1) is 25.9. The van der Waals surface area contributed by atoms with Crippen molar-refractivity contribution in [2.24, 2.45) is 11.5 Å². The number of H-pyrrole nitrogens is 1. The summed E-state index contributed by atoms with van der Waals surface area (Å²) in [6.45, 7) is -0.507. The molecule has 0 spiro atoms. The molecule has 0 aliphatic heterocycles. The first-order valence-electron chi connectivity index (χ1n) is 9.24. The van der Waals surface area contributed by atoms with Crippen LogP contribution in [0, 0.1) is 0 Å². The number of carbonyl (C=O) groups excluding carboxylic acids is 4. The second kappa shape index (κ2) is 13.2. The zero-order valence-corrected chi connectivity index (χ0v) is 17.7. The number of aromatic nitrogens is 2. The van der Waals surface area contributed by atoms with Crippen LogP contribution in [0.5, 0.6) is 0 Å². The van der Waals surface area contributed by atoms with Crippen LogP contribution in [-0.2, 0) is 30.4 Å². The number of amides is 4. The van der Waals surface area contributed by atoms with E-state index in [-0.39, 0.29) is 19.3 Å². The number of carbonyl (C=O) groups is 5. The molecule has 0 fully saturated rings. The Labute approximate surface area is 182 Å². The van der Waals surface area contributed by atoms with Gasteiger partial charge in [-0.2, -0.15) is 11.8 Å². The van der Waals surface area contributed by atoms with E-state index in [9.17, 15) is 29.1 Å². The lowest BCUT2D eigenvalue weighted by Gasteiger charge is -2.21. The lowest BCUT2D eigenvalue weighted by atomic mass is 10.1. The zero-order chi connectivity index (χ0) is 23.4. The number of nitrogens with two attached hydrogens (primary N) is 2. The molecule has 1 aromatic heterocycles. The minimum absolute atomic E-state index is 0.0155. The van der Waals surface area contributed by atoms with E-state index in [1.807, 2.05) is 6.26 Å². The van der Waals surface area contributed by atoms with Gasteiger partial charge in [-0.1, -0.05) is 0 Å². The summed E-state index contributed by atoms with van der Waals surface area (Å²) in [6.07, 6.45) is 4.50. The SMILES string of the molecule is CSCCC(NC(=O)C(Cc1cnc[nH]1)NC(=O)CNC(=O)C(N)CC(N)=O)C(=O)O. The van der Waals surface area contributed by atoms with Crippen LogP contribution in [0.3, 0.4) is 0 Å². The fourth-order valence-corrected chi connectivity index (χ4v) is 2.92. The average Bonchev–Trinajstić information content (AvgIpc) is 3.20. The first-order chi connectivity index (χ1) is 14.6. The molecule has 9 N–H and O–H groups in total. The van der Waals surface area contributed by atoms with E-state index in [0.717, 1.165) is 0 Å². The Morgan fingerprint density at radius 1 is 1.19 bits per heavy atom. The number of nitrogens with zero attached hydrogens (tertiary/aromatic N) is 1. The largest absolute Gasteiger partial charge is 0.480 e. The third kappa shape index (κ3) is 9.95. The highest BCUT2D eigenvalue weighted by Gasteiger charge is 2.27. The van der Waals surface area contributed by atoms with Gasteiger partial charge in [0.05, 0.1) is 25.3 Å². The lowest BCUT2D eigenvalue weighted by Crippen LogP contribution is -2.54. The summed E-state index contributed by atoms with van der Waals surface area (Å²) < 4.78 is 0. The van der Waals surface area contributed by atoms with Crippen molar-refractivity contribution in [3.8, 4) is 0 Å². The van der Waals surface area contributed by atoms with Crippen molar-refractivity contribution in [2.75, 3.05) is 18.6 Å². The molecule has 0 aromatic carbocycles. The van der Waals surface area contributed by atoms with Crippen LogP contribution < -0.4 is 27.4 Å². The maximum atomic E-state index is 12.7. The van der Waals surface area contributed by atoms with Gasteiger partial charge >= 0.3 is 5.97 Å². The molecule has 0 saturated heterocycles. The first-order valence-corrected chi connectivity index (χ1v) is 10.6. The van der Waals surface area contributed by atoms with Gasteiger partial charge in [-0.3, -0.25) is 19.2 Å². The van der Waals surface area contributed by atoms with Gasteiger partial charge in [0, 0.05) is 18.3 Å². The molecule has 3 atom stereocenters. The minimum Gasteiger partial charge on any atom is -0.480 e. The molecule has 3 unspecified atom stereocenters. The van der Waals surface area contributed by atoms with Crippen molar-refractivity contribution in [2.45, 2.75) is 37.4 Å². The normalized spacial score (nSPS) is 13.5. The highest BCUT2D eigenvalue weighted by molar-refractivity contribution is 7.98. The fraction of sp³-hybridized carbons (Fsp3) is 0.529. The predicted octanol–water partition coefficient (Wildman–Crippen LogP) is -2.92. The van der Waals surface area contributed by atoms with Crippen LogP contribution in [0.15, 0.2) is 12.5 Å². The van der Waals surface area contributed by atoms with Crippen LogP contribution in [0.1, 0.15) is 18.5 Å². The van der Waals surface area contributed by atoms with Crippen molar-refractivity contribution >= 4 is 41.4 Å². The Kier molecular flexibility index (Phi) is 11.1. The molecule has 0 saturated carbocycles. The number of hydrogen-bond acceptors (Lipinski definition) is 8. The van der Waals surface area contributed by atoms with Crippen LogP contribution in [0.4, 0.5) is 0 Å². The Balaban J connectivity index is 2.75. The Bertz CT molecular complexity index is 773. The number of imidazole rings is 1. The van der Waals surface area contributed by atoms with E-state index in [0.29, 0.717) is 11.4 Å². The molecule has 4 amide bonds. The van der Waals surface area contributed by atoms with E-state index < -0.39 is 54.3 Å². The van der Waals surface area contributed by atoms with Crippen molar-refractivity contribution < 1.29 is 29.1 Å². The van der Waals surface area contributed by atoms with Gasteiger partial charge < -0.3 is 37.5 Å². The molecule has 14 heteroatoms. The summed E-state index contributed by atoms with van der Waals surface area (Å²) in [6, 6.07) is -3.45. The molecular formula is C17H27N7O6S. The number of rotatable bonds is 14. The van der Waals surface area contributed by atoms with Crippen LogP contribution in [0.25, 0.3) is 0 Å². The fourth-order valence-electron chi connectivity index (χ4n) is 2.44. The molecule has 172 valence electrons. The second-order valence-electron chi connectivity index (χ2n) is 6.58. The molecule has 1 aromatic rings. The molecule has 0 radical (unpaired) electrons. The minimum atomic E-state index is -1.21. The highest BCUT2D eigenvalue weighted by Crippen LogP contribution is 2.04. The van der Waals surface area contributed by atoms with Gasteiger partial charge in [-0.15, -0.1) is 0 Å². The topological polar surface area (TPSA) is 222 Å². The van der Waals surface area contributed by atoms with E-state index in [4.69, 9.17) is 11.5 Å². The number of carboxylic acids is 1. The summed E-state index contributed by atoms with van der Waals surface area (Å²) in [5.74, 6) is -3.61. The number of thioether (sulfide) groups is 1. The third-order valence-corrected chi connectivity index (χ3v) is 4.68. The van der Waals surface area contributed by atoms with E-state index in [2.05, 4.69) is 25.9 Å². The van der Waals surface area contributed by atoms with Gasteiger partial charge in [-0.25, -0.2) is 9.78 Å². The molecule has 1 rings (SSSR count). The van der Waals surface area contributed by atoms with Gasteiger partial charge in [0.1, 0.15) is 12.1 Å². The average molecular weight is 458 g/mol. The van der Waals surface area contributed by atoms with Crippen LogP contribution in [-0.4, -0.2) is 81.4 Å². The highest BCUT2D eigenvalue weighted by atomic mass is 32.2. The van der Waals surface area contributed by atoms with Gasteiger partial charge in [0.15, 0.2) is 0 Å². The summed E-state index contributed by atoms with van der Waals surface area (Å²) in [5, 5.41) is 16.4. The monoisotopic (exact) mass is 457 g/mol. The van der Waals surface area contributed by atoms with Crippen LogP contribution >= 0.6 is 11.8 Å². The summed E-state index contributed by atoms with van der Waals surface area (Å²) in [5.41, 5.74) is 11.0. The molecule has 31 heavy (non-hydrogen) atoms. The van der Waals surface area contributed by atoms with Crippen molar-refractivity contribution in [1.29, 1.82) is 0 Å². The number of aliphatic carboxylic acids is 1. The summed E-state index contributed by atoms with van der Waals surface area (Å²) in [7, 11) is 0. The Morgan fingerprint density at radius 2 is 1.90 bits per heavy atom. The maximum Gasteiger partial charge on any atom is 0.326 e. The predicted molar refractivity (Wildman–Crippen MR) is 112 cm³/mol. The summed E-state index contributed by atoms with van der Waals surface area (Å²) in [4.78, 5) is 65.6. The molecule has 0 bridgehead atoms. The molecule has 13 nitrogen and oxygen atoms in total. The third-order valence-electron chi connectivity index (χ3n) is 4.04. The Hall–Kier alpha value is -3.13. The van der Waals surface area contributed by atoms with Crippen molar-refractivity contribution in [1.82, 2.24) is 25.9 Å². The number of aromatic amines is 1. The number of hydrogen-bond donors (Lipinski definition) is 7. The lowest BCUT2D eigenvalue weighted by molar-refractivity contribution is -0.142. The smallest absolute Gasteiger partial charge is 0.326 e. The van der Waals surface area contributed by atoms with Gasteiger partial charge in [-0.05, 0) is 18.4 Å². The van der Waals surface area contributed by atoms with E-state index >= 15 is 0 Å². The van der Waals surface area contributed by atoms with Crippen molar-refractivity contribution in [3.63, 3.8) is 0 Å². The molecule has 1 heterocycles. The summed E-state index contributed by atoms with van der Waals surface area (Å²) >= 11 is 1.44. The number of nitrogens with one attached hydrogen (secondary N) is 4. The van der Waals surface area contributed by atoms with Crippen LogP contribution in [0.2, 0.25) is 0 Å². The molecule has 0 aliphatic carbocycles. The number of primary amides is 1. The van der Waals surface area contributed by atoms with E-state index in [1.165, 1.54) is 24.3 Å². The zero-order valence-electron chi connectivity index (χ0n) is 16.9. The molecule has 0 aliphatic rings. The molecular weight excluding hydrogens is 430 g/mol. The van der Waals surface area contributed by atoms with E-state index in [1.54, 1.807) is 0 Å².